The van der Waals surface area contributed by atoms with Crippen molar-refractivity contribution in [1.29, 1.82) is 0 Å². The number of nitrogens with one attached hydrogen (secondary N) is 1. The van der Waals surface area contributed by atoms with Crippen molar-refractivity contribution in [2.24, 2.45) is 0 Å². The normalized spacial score (nSPS) is 12.7. The predicted molar refractivity (Wildman–Crippen MR) is 103 cm³/mol. The third kappa shape index (κ3) is 5.01. The Bertz CT molecular complexity index is 1060. The molecular weight excluding hydrogens is 383 g/mol. The molecule has 0 aliphatic carbocycles. The van der Waals surface area contributed by atoms with E-state index in [0.29, 0.717) is 6.42 Å². The van der Waals surface area contributed by atoms with Crippen molar-refractivity contribution in [3.05, 3.63) is 76.2 Å². The lowest BCUT2D eigenvalue weighted by Gasteiger charge is -2.16. The molecule has 0 aliphatic heterocycles. The van der Waals surface area contributed by atoms with Gasteiger partial charge < -0.3 is 5.32 Å². The van der Waals surface area contributed by atoms with Gasteiger partial charge >= 0.3 is 6.18 Å². The maximum Gasteiger partial charge on any atom is 0.438 e. The molecule has 3 rings (SSSR count). The molecule has 1 atom stereocenters. The van der Waals surface area contributed by atoms with Crippen molar-refractivity contribution in [3.8, 4) is 0 Å². The van der Waals surface area contributed by atoms with Crippen LogP contribution in [0.4, 0.5) is 13.2 Å². The molecule has 1 aromatic heterocycles. The van der Waals surface area contributed by atoms with Gasteiger partial charge in [-0.3, -0.25) is 14.2 Å². The van der Waals surface area contributed by atoms with Crippen LogP contribution >= 0.6 is 0 Å². The highest BCUT2D eigenvalue weighted by Crippen LogP contribution is 2.26. The Morgan fingerprint density at radius 3 is 2.45 bits per heavy atom. The molecule has 8 heteroatoms. The lowest BCUT2D eigenvalue weighted by Crippen LogP contribution is -2.39. The fourth-order valence-electron chi connectivity index (χ4n) is 3.10. The summed E-state index contributed by atoms with van der Waals surface area (Å²) < 4.78 is 40.4. The van der Waals surface area contributed by atoms with Crippen LogP contribution in [-0.2, 0) is 23.9 Å². The summed E-state index contributed by atoms with van der Waals surface area (Å²) in [5, 5.41) is 2.75. The first-order valence-corrected chi connectivity index (χ1v) is 9.16. The number of para-hydroxylation sites is 2. The predicted octanol–water partition coefficient (Wildman–Crippen LogP) is 3.55. The van der Waals surface area contributed by atoms with E-state index in [1.807, 2.05) is 37.3 Å². The highest BCUT2D eigenvalue weighted by molar-refractivity contribution is 5.80. The van der Waals surface area contributed by atoms with Gasteiger partial charge in [0.1, 0.15) is 6.54 Å². The highest BCUT2D eigenvalue weighted by atomic mass is 19.4. The van der Waals surface area contributed by atoms with Gasteiger partial charge in [-0.25, -0.2) is 4.98 Å². The third-order valence-corrected chi connectivity index (χ3v) is 4.54. The molecule has 2 aromatic carbocycles. The average Bonchev–Trinajstić information content (AvgIpc) is 2.68. The molecule has 1 amide bonds. The lowest BCUT2D eigenvalue weighted by atomic mass is 10.1. The van der Waals surface area contributed by atoms with E-state index in [-0.39, 0.29) is 17.1 Å². The minimum atomic E-state index is -4.90. The Kier molecular flexibility index (Phi) is 6.00. The topological polar surface area (TPSA) is 64.0 Å². The van der Waals surface area contributed by atoms with Crippen LogP contribution in [0.1, 0.15) is 24.6 Å². The van der Waals surface area contributed by atoms with Gasteiger partial charge in [0.25, 0.3) is 5.56 Å². The first-order valence-electron chi connectivity index (χ1n) is 9.16. The number of amides is 1. The van der Waals surface area contributed by atoms with E-state index >= 15 is 0 Å². The molecule has 3 aromatic rings. The number of rotatable bonds is 6. The summed E-state index contributed by atoms with van der Waals surface area (Å²) in [6.45, 7) is 1.30. The number of carbonyl (C=O) groups is 1. The van der Waals surface area contributed by atoms with Crippen LogP contribution in [-0.4, -0.2) is 21.5 Å². The number of alkyl halides is 3. The van der Waals surface area contributed by atoms with Gasteiger partial charge in [-0.15, -0.1) is 0 Å². The summed E-state index contributed by atoms with van der Waals surface area (Å²) in [6, 6.07) is 15.5. The Labute approximate surface area is 165 Å². The lowest BCUT2D eigenvalue weighted by molar-refractivity contribution is -0.142. The fourth-order valence-corrected chi connectivity index (χ4v) is 3.10. The van der Waals surface area contributed by atoms with Crippen molar-refractivity contribution >= 4 is 16.9 Å². The van der Waals surface area contributed by atoms with Crippen molar-refractivity contribution < 1.29 is 18.0 Å². The van der Waals surface area contributed by atoms with Crippen LogP contribution in [0.15, 0.2) is 59.4 Å². The number of fused-ring (bicyclic) bond motifs is 1. The van der Waals surface area contributed by atoms with Gasteiger partial charge in [0.15, 0.2) is 0 Å². The van der Waals surface area contributed by atoms with Crippen LogP contribution in [0.3, 0.4) is 0 Å². The van der Waals surface area contributed by atoms with Gasteiger partial charge in [-0.05, 0) is 37.5 Å². The minimum absolute atomic E-state index is 0.00403. The number of aryl methyl sites for hydroxylation is 1. The molecule has 1 heterocycles. The highest BCUT2D eigenvalue weighted by Gasteiger charge is 2.37. The number of hydrogen-bond acceptors (Lipinski definition) is 3. The summed E-state index contributed by atoms with van der Waals surface area (Å²) in [7, 11) is 0. The second-order valence-electron chi connectivity index (χ2n) is 6.83. The molecule has 0 saturated carbocycles. The SMILES string of the molecule is CC(CCc1ccccc1)NC(=O)Cn1c(=O)c(C(F)(F)F)nc2ccccc21. The van der Waals surface area contributed by atoms with Gasteiger partial charge in [0, 0.05) is 6.04 Å². The van der Waals surface area contributed by atoms with E-state index in [9.17, 15) is 22.8 Å². The Morgan fingerprint density at radius 2 is 1.76 bits per heavy atom. The van der Waals surface area contributed by atoms with Crippen LogP contribution in [0.5, 0.6) is 0 Å². The number of nitrogens with zero attached hydrogens (tertiary/aromatic N) is 2. The molecule has 0 spiro atoms. The second-order valence-corrected chi connectivity index (χ2v) is 6.83. The molecule has 0 radical (unpaired) electrons. The van der Waals surface area contributed by atoms with Crippen molar-refractivity contribution in [2.45, 2.75) is 38.5 Å². The van der Waals surface area contributed by atoms with Crippen LogP contribution in [0.25, 0.3) is 11.0 Å². The molecule has 1 N–H and O–H groups in total. The van der Waals surface area contributed by atoms with E-state index in [1.54, 1.807) is 6.07 Å². The molecule has 0 saturated heterocycles. The van der Waals surface area contributed by atoms with E-state index in [4.69, 9.17) is 0 Å². The van der Waals surface area contributed by atoms with Gasteiger partial charge in [-0.1, -0.05) is 42.5 Å². The Hall–Kier alpha value is -3.16. The quantitative estimate of drug-likeness (QED) is 0.685. The minimum Gasteiger partial charge on any atom is -0.352 e. The largest absolute Gasteiger partial charge is 0.438 e. The molecule has 0 aliphatic rings. The van der Waals surface area contributed by atoms with E-state index < -0.39 is 29.9 Å². The summed E-state index contributed by atoms with van der Waals surface area (Å²) >= 11 is 0. The Balaban J connectivity index is 1.77. The first-order chi connectivity index (χ1) is 13.8. The van der Waals surface area contributed by atoms with Crippen molar-refractivity contribution in [3.63, 3.8) is 0 Å². The van der Waals surface area contributed by atoms with Gasteiger partial charge in [0.2, 0.25) is 11.6 Å². The number of halogens is 3. The number of hydrogen-bond donors (Lipinski definition) is 1. The molecule has 0 fully saturated rings. The zero-order valence-electron chi connectivity index (χ0n) is 15.7. The zero-order valence-corrected chi connectivity index (χ0v) is 15.7. The number of aromatic nitrogens is 2. The monoisotopic (exact) mass is 403 g/mol. The molecule has 29 heavy (non-hydrogen) atoms. The number of carbonyl (C=O) groups excluding carboxylic acids is 1. The van der Waals surface area contributed by atoms with Crippen molar-refractivity contribution in [2.75, 3.05) is 0 Å². The maximum atomic E-state index is 13.2. The van der Waals surface area contributed by atoms with Crippen LogP contribution in [0.2, 0.25) is 0 Å². The maximum absolute atomic E-state index is 13.2. The summed E-state index contributed by atoms with van der Waals surface area (Å²) in [5.41, 5.74) is -1.55. The third-order valence-electron chi connectivity index (χ3n) is 4.54. The van der Waals surface area contributed by atoms with Crippen LogP contribution < -0.4 is 10.9 Å². The average molecular weight is 403 g/mol. The van der Waals surface area contributed by atoms with Crippen LogP contribution in [0, 0.1) is 0 Å². The Morgan fingerprint density at radius 1 is 1.10 bits per heavy atom. The van der Waals surface area contributed by atoms with E-state index in [1.165, 1.54) is 18.2 Å². The fraction of sp³-hybridized carbons (Fsp3) is 0.286. The zero-order chi connectivity index (χ0) is 21.0. The molecule has 0 bridgehead atoms. The second kappa shape index (κ2) is 8.46. The molecule has 5 nitrogen and oxygen atoms in total. The molecular formula is C21H20F3N3O2. The number of benzene rings is 2. The molecule has 1 unspecified atom stereocenters. The van der Waals surface area contributed by atoms with Crippen molar-refractivity contribution in [1.82, 2.24) is 14.9 Å². The summed E-state index contributed by atoms with van der Waals surface area (Å²) in [5.74, 6) is -0.530. The summed E-state index contributed by atoms with van der Waals surface area (Å²) in [6.07, 6.45) is -3.49. The first kappa shape index (κ1) is 20.6. The van der Waals surface area contributed by atoms with Gasteiger partial charge in [-0.2, -0.15) is 13.2 Å². The standard InChI is InChI=1S/C21H20F3N3O2/c1-14(11-12-15-7-3-2-4-8-15)25-18(28)13-27-17-10-6-5-9-16(17)26-19(20(27)29)21(22,23)24/h2-10,14H,11-13H2,1H3,(H,25,28). The smallest absolute Gasteiger partial charge is 0.352 e. The summed E-state index contributed by atoms with van der Waals surface area (Å²) in [4.78, 5) is 28.2. The van der Waals surface area contributed by atoms with Gasteiger partial charge in [0.05, 0.1) is 11.0 Å². The van der Waals surface area contributed by atoms with E-state index in [0.717, 1.165) is 16.6 Å². The molecule has 152 valence electrons. The van der Waals surface area contributed by atoms with E-state index in [2.05, 4.69) is 10.3 Å².